The van der Waals surface area contributed by atoms with Gasteiger partial charge in [-0.2, -0.15) is 57.1 Å². The van der Waals surface area contributed by atoms with Gasteiger partial charge >= 0.3 is 41.5 Å². The van der Waals surface area contributed by atoms with Crippen LogP contribution in [0.15, 0.2) is 22.7 Å². The van der Waals surface area contributed by atoms with Crippen LogP contribution < -0.4 is 5.32 Å². The van der Waals surface area contributed by atoms with Crippen molar-refractivity contribution < 1.29 is 66.3 Å². The number of nitrogens with one attached hydrogen (secondary N) is 1. The van der Waals surface area contributed by atoms with Gasteiger partial charge in [-0.1, -0.05) is 15.9 Å². The third kappa shape index (κ3) is 2.93. The van der Waals surface area contributed by atoms with E-state index >= 15 is 0 Å². The first-order valence-corrected chi connectivity index (χ1v) is 8.07. The van der Waals surface area contributed by atoms with Crippen LogP contribution in [0.1, 0.15) is 5.56 Å². The second kappa shape index (κ2) is 6.60. The molecule has 0 heterocycles. The Morgan fingerprint density at radius 1 is 0.742 bits per heavy atom. The molecule has 17 heteroatoms. The molecule has 0 spiro atoms. The van der Waals surface area contributed by atoms with Crippen LogP contribution in [0.4, 0.5) is 67.2 Å². The number of halogens is 15. The average molecular weight is 548 g/mol. The molecule has 1 aliphatic rings. The molecule has 1 aromatic carbocycles. The molecule has 1 aromatic rings. The zero-order chi connectivity index (χ0) is 24.6. The van der Waals surface area contributed by atoms with Crippen molar-refractivity contribution in [1.82, 2.24) is 0 Å². The van der Waals surface area contributed by atoms with Crippen LogP contribution in [0.2, 0.25) is 0 Å². The van der Waals surface area contributed by atoms with Gasteiger partial charge in [0.05, 0.1) is 11.3 Å². The van der Waals surface area contributed by atoms with Crippen molar-refractivity contribution in [2.45, 2.75) is 41.5 Å². The molecular formula is C14H4BrF14NO. The normalized spacial score (nSPS) is 25.0. The highest BCUT2D eigenvalue weighted by atomic mass is 79.9. The number of carbonyl (C=O) groups excluding carboxylic acids is 1. The zero-order valence-corrected chi connectivity index (χ0v) is 15.4. The number of amides is 1. The van der Waals surface area contributed by atoms with Gasteiger partial charge in [0, 0.05) is 4.47 Å². The van der Waals surface area contributed by atoms with E-state index in [4.69, 9.17) is 0 Å². The summed E-state index contributed by atoms with van der Waals surface area (Å²) in [5.41, 5.74) is -10.9. The molecule has 1 aliphatic carbocycles. The van der Waals surface area contributed by atoms with Crippen LogP contribution in [-0.2, 0) is 11.0 Å². The summed E-state index contributed by atoms with van der Waals surface area (Å²) in [7, 11) is 0. The van der Waals surface area contributed by atoms with E-state index in [2.05, 4.69) is 15.9 Å². The summed E-state index contributed by atoms with van der Waals surface area (Å²) in [6, 6.07) is 0.831. The Kier molecular flexibility index (Phi) is 5.42. The highest BCUT2D eigenvalue weighted by Gasteiger charge is 3.02. The Bertz CT molecular complexity index is 879. The van der Waals surface area contributed by atoms with Crippen molar-refractivity contribution in [3.05, 3.63) is 28.2 Å². The lowest BCUT2D eigenvalue weighted by Crippen LogP contribution is -2.86. The predicted molar refractivity (Wildman–Crippen MR) is 76.3 cm³/mol. The lowest BCUT2D eigenvalue weighted by atomic mass is 9.71. The Morgan fingerprint density at radius 3 is 1.52 bits per heavy atom. The molecule has 0 unspecified atom stereocenters. The summed E-state index contributed by atoms with van der Waals surface area (Å²) in [5, 5.41) is 0.442. The first-order valence-electron chi connectivity index (χ1n) is 7.28. The highest BCUT2D eigenvalue weighted by Crippen LogP contribution is 2.69. The van der Waals surface area contributed by atoms with Gasteiger partial charge in [0.25, 0.3) is 5.91 Å². The van der Waals surface area contributed by atoms with Gasteiger partial charge < -0.3 is 5.32 Å². The molecule has 0 radical (unpaired) electrons. The largest absolute Gasteiger partial charge is 0.418 e. The molecule has 1 fully saturated rings. The summed E-state index contributed by atoms with van der Waals surface area (Å²) < 4.78 is 188. The van der Waals surface area contributed by atoms with Crippen LogP contribution in [0, 0.1) is 0 Å². The molecule has 0 saturated heterocycles. The van der Waals surface area contributed by atoms with Crippen molar-refractivity contribution in [3.8, 4) is 0 Å². The third-order valence-electron chi connectivity index (χ3n) is 4.29. The van der Waals surface area contributed by atoms with E-state index in [-0.39, 0.29) is 12.1 Å². The summed E-state index contributed by atoms with van der Waals surface area (Å²) in [5.74, 6) is -41.5. The van der Waals surface area contributed by atoms with E-state index in [1.165, 1.54) is 0 Å². The number of alkyl halides is 14. The van der Waals surface area contributed by atoms with Crippen LogP contribution in [0.5, 0.6) is 0 Å². The van der Waals surface area contributed by atoms with E-state index in [1.807, 2.05) is 0 Å². The van der Waals surface area contributed by atoms with Crippen LogP contribution in [-0.4, -0.2) is 41.2 Å². The first kappa shape index (κ1) is 25.5. The van der Waals surface area contributed by atoms with E-state index in [9.17, 15) is 66.3 Å². The number of rotatable bonds is 2. The third-order valence-corrected chi connectivity index (χ3v) is 4.78. The summed E-state index contributed by atoms with van der Waals surface area (Å²) >= 11 is 2.51. The molecule has 1 saturated carbocycles. The van der Waals surface area contributed by atoms with Crippen molar-refractivity contribution in [2.24, 2.45) is 0 Å². The Hall–Kier alpha value is -1.81. The minimum atomic E-state index is -7.57. The minimum absolute atomic E-state index is 0.0923. The molecule has 1 N–H and O–H groups in total. The van der Waals surface area contributed by atoms with Crippen molar-refractivity contribution in [2.75, 3.05) is 5.32 Å². The molecule has 0 aliphatic heterocycles. The minimum Gasteiger partial charge on any atom is -0.322 e. The predicted octanol–water partition coefficient (Wildman–Crippen LogP) is 6.30. The molecule has 2 rings (SSSR count). The molecule has 0 aromatic heterocycles. The first-order chi connectivity index (χ1) is 13.5. The Labute approximate surface area is 169 Å². The van der Waals surface area contributed by atoms with Gasteiger partial charge in [-0.3, -0.25) is 4.79 Å². The van der Waals surface area contributed by atoms with Gasteiger partial charge in [0.1, 0.15) is 0 Å². The van der Waals surface area contributed by atoms with Gasteiger partial charge in [-0.05, 0) is 18.2 Å². The van der Waals surface area contributed by atoms with Crippen LogP contribution in [0.3, 0.4) is 0 Å². The number of carbonyl (C=O) groups is 1. The molecule has 0 atom stereocenters. The van der Waals surface area contributed by atoms with Gasteiger partial charge in [-0.25, -0.2) is 4.39 Å². The monoisotopic (exact) mass is 547 g/mol. The molecule has 176 valence electrons. The number of benzene rings is 1. The quantitative estimate of drug-likeness (QED) is 0.432. The lowest BCUT2D eigenvalue weighted by Gasteiger charge is -2.51. The van der Waals surface area contributed by atoms with E-state index in [0.717, 1.165) is 0 Å². The maximum absolute atomic E-state index is 14.6. The standard InChI is InChI=1S/C14H4BrF14NO/c15-4-1-2-6(5(3-4)9(17,18)19)30-7(31)8(16)10(20,21)12(24,25)14(28,29)13(26,27)11(8,22)23/h1-3H,(H,30,31). The van der Waals surface area contributed by atoms with Crippen LogP contribution >= 0.6 is 15.9 Å². The maximum atomic E-state index is 14.6. The van der Waals surface area contributed by atoms with Crippen LogP contribution in [0.25, 0.3) is 0 Å². The lowest BCUT2D eigenvalue weighted by molar-refractivity contribution is -0.475. The van der Waals surface area contributed by atoms with Gasteiger partial charge in [-0.15, -0.1) is 0 Å². The molecule has 2 nitrogen and oxygen atoms in total. The second-order valence-electron chi connectivity index (χ2n) is 6.17. The summed E-state index contributed by atoms with van der Waals surface area (Å²) in [4.78, 5) is 11.7. The highest BCUT2D eigenvalue weighted by molar-refractivity contribution is 9.10. The van der Waals surface area contributed by atoms with E-state index in [0.29, 0.717) is 11.4 Å². The molecular weight excluding hydrogens is 544 g/mol. The molecule has 1 amide bonds. The van der Waals surface area contributed by atoms with E-state index in [1.54, 1.807) is 0 Å². The van der Waals surface area contributed by atoms with E-state index < -0.39 is 63.1 Å². The zero-order valence-electron chi connectivity index (χ0n) is 13.8. The fraction of sp³-hybridized carbons (Fsp3) is 0.500. The number of hydrogen-bond donors (Lipinski definition) is 1. The topological polar surface area (TPSA) is 29.1 Å². The fourth-order valence-electron chi connectivity index (χ4n) is 2.57. The molecule has 31 heavy (non-hydrogen) atoms. The molecule has 0 bridgehead atoms. The fourth-order valence-corrected chi connectivity index (χ4v) is 2.94. The summed E-state index contributed by atoms with van der Waals surface area (Å²) in [6.07, 6.45) is -5.49. The Balaban J connectivity index is 2.73. The summed E-state index contributed by atoms with van der Waals surface area (Å²) in [6.45, 7) is 0. The van der Waals surface area contributed by atoms with Gasteiger partial charge in [0.2, 0.25) is 0 Å². The number of anilines is 1. The second-order valence-corrected chi connectivity index (χ2v) is 7.09. The van der Waals surface area contributed by atoms with Crippen molar-refractivity contribution in [3.63, 3.8) is 0 Å². The van der Waals surface area contributed by atoms with Crippen molar-refractivity contribution in [1.29, 1.82) is 0 Å². The average Bonchev–Trinajstić information content (AvgIpc) is 2.59. The SMILES string of the molecule is O=C(Nc1ccc(Br)cc1C(F)(F)F)C1(F)C(F)(F)C(F)(F)C(F)(F)C(F)(F)C1(F)F. The van der Waals surface area contributed by atoms with Crippen molar-refractivity contribution >= 4 is 27.5 Å². The smallest absolute Gasteiger partial charge is 0.322 e. The Morgan fingerprint density at radius 2 is 1.13 bits per heavy atom. The van der Waals surface area contributed by atoms with Gasteiger partial charge in [0.15, 0.2) is 0 Å². The maximum Gasteiger partial charge on any atom is 0.418 e. The number of hydrogen-bond acceptors (Lipinski definition) is 1.